The second-order valence-electron chi connectivity index (χ2n) is 13.0. The number of aromatic nitrogens is 1. The maximum Gasteiger partial charge on any atom is 0.119 e. The Kier molecular flexibility index (Phi) is 13.7. The molecule has 0 unspecified atom stereocenters. The molecule has 2 aromatic heterocycles. The second kappa shape index (κ2) is 18.8. The lowest BCUT2D eigenvalue weighted by atomic mass is 10.1. The van der Waals surface area contributed by atoms with E-state index in [2.05, 4.69) is 146 Å². The first kappa shape index (κ1) is 36.5. The van der Waals surface area contributed by atoms with Crippen LogP contribution >= 0.6 is 11.3 Å². The lowest BCUT2D eigenvalue weighted by Gasteiger charge is -2.26. The third-order valence-electron chi connectivity index (χ3n) is 8.92. The van der Waals surface area contributed by atoms with Crippen LogP contribution in [0.2, 0.25) is 0 Å². The van der Waals surface area contributed by atoms with Crippen molar-refractivity contribution in [2.24, 2.45) is 0 Å². The van der Waals surface area contributed by atoms with Crippen LogP contribution in [0.5, 0.6) is 5.75 Å². The Bertz CT molecular complexity index is 1870. The fourth-order valence-electron chi connectivity index (χ4n) is 6.07. The molecule has 5 aromatic rings. The summed E-state index contributed by atoms with van der Waals surface area (Å²) in [5.74, 6) is 0.915. The van der Waals surface area contributed by atoms with Crippen molar-refractivity contribution in [3.63, 3.8) is 0 Å². The lowest BCUT2D eigenvalue weighted by molar-refractivity contribution is 0.305. The Morgan fingerprint density at radius 2 is 1.38 bits per heavy atom. The first-order valence-corrected chi connectivity index (χ1v) is 19.1. The number of nitrogens with zero attached hydrogens (tertiary/aromatic N) is 3. The molecule has 0 saturated heterocycles. The van der Waals surface area contributed by atoms with Crippen LogP contribution in [0.4, 0.5) is 17.1 Å². The summed E-state index contributed by atoms with van der Waals surface area (Å²) in [6.45, 7) is 10.2. The number of aryl methyl sites for hydroxylation is 1. The van der Waals surface area contributed by atoms with Gasteiger partial charge < -0.3 is 14.2 Å². The number of hydrogen-bond acceptors (Lipinski definition) is 4. The molecular weight excluding hydrogens is 631 g/mol. The highest BCUT2D eigenvalue weighted by molar-refractivity contribution is 7.16. The number of ether oxygens (including phenoxy) is 1. The minimum atomic E-state index is 0.723. The Labute approximate surface area is 304 Å². The molecule has 258 valence electrons. The highest BCUT2D eigenvalue weighted by Gasteiger charge is 2.14. The first-order chi connectivity index (χ1) is 24.5. The van der Waals surface area contributed by atoms with E-state index in [4.69, 9.17) is 4.74 Å². The van der Waals surface area contributed by atoms with Gasteiger partial charge in [-0.25, -0.2) is 0 Å². The minimum absolute atomic E-state index is 0.723. The summed E-state index contributed by atoms with van der Waals surface area (Å²) in [5, 5.41) is 9.24. The van der Waals surface area contributed by atoms with Crippen molar-refractivity contribution in [3.05, 3.63) is 124 Å². The van der Waals surface area contributed by atoms with Gasteiger partial charge in [0.25, 0.3) is 0 Å². The standard InChI is InChI=1S/C45H51N3OS/c1-5-7-9-11-31-47-38(25-29-44(47)45-30-28-43(50-45)33-36(4)34-46)20-15-37-16-21-40(22-17-37)48(39-18-13-35(3)14-19-39)41-23-26-42(27-24-41)49-32-12-10-8-6-2/h13-30,33H,5-12,31-32H2,1-4H3/b20-15+,36-33-. The number of thiophene rings is 1. The molecule has 5 heteroatoms. The van der Waals surface area contributed by atoms with E-state index < -0.39 is 0 Å². The van der Waals surface area contributed by atoms with Crippen molar-refractivity contribution in [2.75, 3.05) is 11.5 Å². The van der Waals surface area contributed by atoms with Crippen LogP contribution in [-0.4, -0.2) is 11.2 Å². The van der Waals surface area contributed by atoms with Crippen LogP contribution in [0.25, 0.3) is 28.8 Å². The molecule has 0 atom stereocenters. The van der Waals surface area contributed by atoms with E-state index in [9.17, 15) is 5.26 Å². The van der Waals surface area contributed by atoms with Crippen molar-refractivity contribution in [1.29, 1.82) is 5.26 Å². The van der Waals surface area contributed by atoms with E-state index in [1.54, 1.807) is 11.3 Å². The zero-order valence-electron chi connectivity index (χ0n) is 30.2. The van der Waals surface area contributed by atoms with Gasteiger partial charge in [-0.15, -0.1) is 11.3 Å². The molecule has 0 N–H and O–H groups in total. The third-order valence-corrected chi connectivity index (χ3v) is 9.97. The highest BCUT2D eigenvalue weighted by atomic mass is 32.1. The SMILES string of the molecule is CCCCCCOc1ccc(N(c2ccc(C)cc2)c2ccc(/C=C/c3ccc(-c4ccc(/C=C(/C)C#N)s4)n3CCCCCC)cc2)cc1. The number of anilines is 3. The van der Waals surface area contributed by atoms with Crippen LogP contribution in [0.3, 0.4) is 0 Å². The predicted molar refractivity (Wildman–Crippen MR) is 216 cm³/mol. The van der Waals surface area contributed by atoms with Gasteiger partial charge in [-0.1, -0.05) is 88.3 Å². The summed E-state index contributed by atoms with van der Waals surface area (Å²) >= 11 is 1.74. The van der Waals surface area contributed by atoms with Gasteiger partial charge in [0.2, 0.25) is 0 Å². The Morgan fingerprint density at radius 1 is 0.740 bits per heavy atom. The third kappa shape index (κ3) is 10.1. The number of rotatable bonds is 18. The molecule has 0 aliphatic heterocycles. The smallest absolute Gasteiger partial charge is 0.119 e. The minimum Gasteiger partial charge on any atom is -0.494 e. The van der Waals surface area contributed by atoms with Crippen LogP contribution in [0, 0.1) is 18.3 Å². The normalized spacial score (nSPS) is 11.6. The molecule has 0 aliphatic rings. The van der Waals surface area contributed by atoms with Crippen molar-refractivity contribution >= 4 is 46.6 Å². The van der Waals surface area contributed by atoms with Crippen LogP contribution in [0.15, 0.2) is 103 Å². The summed E-state index contributed by atoms with van der Waals surface area (Å²) in [4.78, 5) is 4.63. The van der Waals surface area contributed by atoms with Gasteiger partial charge in [0.1, 0.15) is 5.75 Å². The van der Waals surface area contributed by atoms with E-state index >= 15 is 0 Å². The molecule has 0 radical (unpaired) electrons. The second-order valence-corrected chi connectivity index (χ2v) is 14.1. The van der Waals surface area contributed by atoms with E-state index in [-0.39, 0.29) is 0 Å². The van der Waals surface area contributed by atoms with Crippen LogP contribution < -0.4 is 9.64 Å². The number of hydrogen-bond donors (Lipinski definition) is 0. The van der Waals surface area contributed by atoms with E-state index in [1.165, 1.54) is 60.4 Å². The van der Waals surface area contributed by atoms with Crippen LogP contribution in [0.1, 0.15) is 93.8 Å². The molecule has 0 amide bonds. The zero-order chi connectivity index (χ0) is 35.1. The molecule has 5 rings (SSSR count). The van der Waals surface area contributed by atoms with Gasteiger partial charge in [-0.3, -0.25) is 0 Å². The predicted octanol–water partition coefficient (Wildman–Crippen LogP) is 13.6. The van der Waals surface area contributed by atoms with Crippen molar-refractivity contribution < 1.29 is 4.74 Å². The lowest BCUT2D eigenvalue weighted by Crippen LogP contribution is -2.10. The highest BCUT2D eigenvalue weighted by Crippen LogP contribution is 2.36. The molecule has 4 nitrogen and oxygen atoms in total. The summed E-state index contributed by atoms with van der Waals surface area (Å²) in [5.41, 5.74) is 8.88. The molecule has 0 spiro atoms. The number of allylic oxidation sites excluding steroid dienone is 1. The van der Waals surface area contributed by atoms with Crippen molar-refractivity contribution in [3.8, 4) is 22.4 Å². The molecule has 3 aromatic carbocycles. The van der Waals surface area contributed by atoms with Gasteiger partial charge in [-0.05, 0) is 117 Å². The molecule has 2 heterocycles. The maximum atomic E-state index is 9.24. The topological polar surface area (TPSA) is 41.2 Å². The van der Waals surface area contributed by atoms with Crippen LogP contribution in [-0.2, 0) is 6.54 Å². The fourth-order valence-corrected chi connectivity index (χ4v) is 7.12. The largest absolute Gasteiger partial charge is 0.494 e. The summed E-state index contributed by atoms with van der Waals surface area (Å²) < 4.78 is 8.49. The Morgan fingerprint density at radius 3 is 2.04 bits per heavy atom. The quantitative estimate of drug-likeness (QED) is 0.0683. The van der Waals surface area contributed by atoms with E-state index in [1.807, 2.05) is 13.0 Å². The van der Waals surface area contributed by atoms with E-state index in [0.29, 0.717) is 0 Å². The average Bonchev–Trinajstić information content (AvgIpc) is 3.77. The summed E-state index contributed by atoms with van der Waals surface area (Å²) in [6, 6.07) is 37.0. The van der Waals surface area contributed by atoms with Gasteiger partial charge in [0, 0.05) is 39.8 Å². The number of benzene rings is 3. The molecule has 0 aliphatic carbocycles. The Hall–Kier alpha value is -4.79. The Balaban J connectivity index is 1.36. The van der Waals surface area contributed by atoms with Gasteiger partial charge in [0.05, 0.1) is 23.2 Å². The van der Waals surface area contributed by atoms with Crippen molar-refractivity contribution in [2.45, 2.75) is 85.6 Å². The fraction of sp³-hybridized carbons (Fsp3) is 0.311. The molecule has 0 saturated carbocycles. The number of nitriles is 1. The van der Waals surface area contributed by atoms with Gasteiger partial charge in [-0.2, -0.15) is 5.26 Å². The number of unbranched alkanes of at least 4 members (excludes halogenated alkanes) is 6. The molecule has 0 bridgehead atoms. The average molecular weight is 682 g/mol. The maximum absolute atomic E-state index is 9.24. The first-order valence-electron chi connectivity index (χ1n) is 18.2. The summed E-state index contributed by atoms with van der Waals surface area (Å²) in [7, 11) is 0. The summed E-state index contributed by atoms with van der Waals surface area (Å²) in [6.07, 6.45) is 16.1. The zero-order valence-corrected chi connectivity index (χ0v) is 31.0. The molecular formula is C45H51N3OS. The van der Waals surface area contributed by atoms with Gasteiger partial charge in [0.15, 0.2) is 0 Å². The van der Waals surface area contributed by atoms with Gasteiger partial charge >= 0.3 is 0 Å². The van der Waals surface area contributed by atoms with Crippen molar-refractivity contribution in [1.82, 2.24) is 4.57 Å². The monoisotopic (exact) mass is 681 g/mol. The van der Waals surface area contributed by atoms with E-state index in [0.717, 1.165) is 64.8 Å². The molecule has 50 heavy (non-hydrogen) atoms. The molecule has 0 fully saturated rings.